The van der Waals surface area contributed by atoms with Gasteiger partial charge in [-0.1, -0.05) is 26.2 Å². The van der Waals surface area contributed by atoms with Gasteiger partial charge in [0.2, 0.25) is 0 Å². The molecule has 1 aromatic heterocycles. The molecule has 1 fully saturated rings. The van der Waals surface area contributed by atoms with E-state index in [4.69, 9.17) is 0 Å². The Hall–Kier alpha value is -1.12. The number of hydrogen-bond donors (Lipinski definition) is 0. The Morgan fingerprint density at radius 2 is 2.06 bits per heavy atom. The second-order valence-corrected chi connectivity index (χ2v) is 4.89. The summed E-state index contributed by atoms with van der Waals surface area (Å²) in [6.07, 6.45) is 6.73. The molecule has 2 rings (SSSR count). The van der Waals surface area contributed by atoms with Crippen LogP contribution < -0.4 is 0 Å². The standard InChI is InChI=1S/C14H22N2O/c1-3-12-10-13(16(4-2)15-12)14(17)11-8-6-5-7-9-11/h10-11H,3-9H2,1-2H3. The summed E-state index contributed by atoms with van der Waals surface area (Å²) < 4.78 is 1.87. The van der Waals surface area contributed by atoms with E-state index in [0.717, 1.165) is 37.2 Å². The Morgan fingerprint density at radius 3 is 2.65 bits per heavy atom. The van der Waals surface area contributed by atoms with Crippen LogP contribution in [0.15, 0.2) is 6.07 Å². The van der Waals surface area contributed by atoms with Gasteiger partial charge in [-0.05, 0) is 32.3 Å². The van der Waals surface area contributed by atoms with Crippen LogP contribution in [0.3, 0.4) is 0 Å². The Balaban J connectivity index is 2.19. The highest BCUT2D eigenvalue weighted by Gasteiger charge is 2.25. The van der Waals surface area contributed by atoms with Gasteiger partial charge in [-0.25, -0.2) is 0 Å². The van der Waals surface area contributed by atoms with Gasteiger partial charge >= 0.3 is 0 Å². The van der Waals surface area contributed by atoms with E-state index in [1.807, 2.05) is 17.7 Å². The topological polar surface area (TPSA) is 34.9 Å². The fourth-order valence-corrected chi connectivity index (χ4v) is 2.66. The predicted molar refractivity (Wildman–Crippen MR) is 68.2 cm³/mol. The lowest BCUT2D eigenvalue weighted by Gasteiger charge is -2.20. The van der Waals surface area contributed by atoms with Gasteiger partial charge in [0.25, 0.3) is 0 Å². The van der Waals surface area contributed by atoms with E-state index in [2.05, 4.69) is 12.0 Å². The Morgan fingerprint density at radius 1 is 1.35 bits per heavy atom. The van der Waals surface area contributed by atoms with Gasteiger partial charge < -0.3 is 0 Å². The second-order valence-electron chi connectivity index (χ2n) is 4.89. The molecule has 0 bridgehead atoms. The molecule has 0 spiro atoms. The predicted octanol–water partition coefficient (Wildman–Crippen LogP) is 3.23. The van der Waals surface area contributed by atoms with Crippen molar-refractivity contribution in [2.45, 2.75) is 58.9 Å². The molecule has 3 heteroatoms. The van der Waals surface area contributed by atoms with Crippen molar-refractivity contribution in [3.05, 3.63) is 17.5 Å². The van der Waals surface area contributed by atoms with Crippen LogP contribution in [0.5, 0.6) is 0 Å². The van der Waals surface area contributed by atoms with E-state index in [0.29, 0.717) is 5.78 Å². The van der Waals surface area contributed by atoms with Gasteiger partial charge in [0, 0.05) is 12.5 Å². The number of carbonyl (C=O) groups excluding carboxylic acids is 1. The van der Waals surface area contributed by atoms with E-state index in [9.17, 15) is 4.79 Å². The molecule has 1 aliphatic rings. The van der Waals surface area contributed by atoms with Gasteiger partial charge in [-0.3, -0.25) is 9.48 Å². The van der Waals surface area contributed by atoms with Gasteiger partial charge in [-0.15, -0.1) is 0 Å². The highest BCUT2D eigenvalue weighted by atomic mass is 16.1. The number of aromatic nitrogens is 2. The summed E-state index contributed by atoms with van der Waals surface area (Å²) in [5.41, 5.74) is 1.86. The summed E-state index contributed by atoms with van der Waals surface area (Å²) in [5.74, 6) is 0.564. The highest BCUT2D eigenvalue weighted by Crippen LogP contribution is 2.27. The zero-order chi connectivity index (χ0) is 12.3. The molecule has 17 heavy (non-hydrogen) atoms. The van der Waals surface area contributed by atoms with E-state index >= 15 is 0 Å². The molecule has 1 heterocycles. The molecule has 0 atom stereocenters. The largest absolute Gasteiger partial charge is 0.292 e. The normalized spacial score (nSPS) is 17.3. The number of carbonyl (C=O) groups is 1. The van der Waals surface area contributed by atoms with Crippen LogP contribution >= 0.6 is 0 Å². The molecule has 0 radical (unpaired) electrons. The molecule has 0 saturated heterocycles. The fourth-order valence-electron chi connectivity index (χ4n) is 2.66. The third-order valence-electron chi connectivity index (χ3n) is 3.72. The number of ketones is 1. The second kappa shape index (κ2) is 5.48. The van der Waals surface area contributed by atoms with E-state index in [1.165, 1.54) is 19.3 Å². The number of hydrogen-bond acceptors (Lipinski definition) is 2. The third kappa shape index (κ3) is 2.59. The van der Waals surface area contributed by atoms with E-state index in [1.54, 1.807) is 0 Å². The van der Waals surface area contributed by atoms with E-state index < -0.39 is 0 Å². The maximum Gasteiger partial charge on any atom is 0.183 e. The quantitative estimate of drug-likeness (QED) is 0.750. The molecule has 1 aromatic rings. The molecule has 0 N–H and O–H groups in total. The maximum absolute atomic E-state index is 12.4. The summed E-state index contributed by atoms with van der Waals surface area (Å²) in [5, 5.41) is 4.46. The van der Waals surface area contributed by atoms with Crippen LogP contribution in [-0.4, -0.2) is 15.6 Å². The zero-order valence-electron chi connectivity index (χ0n) is 10.9. The molecule has 0 amide bonds. The molecule has 0 aromatic carbocycles. The van der Waals surface area contributed by atoms with Crippen LogP contribution in [0.1, 0.15) is 62.1 Å². The number of Topliss-reactive ketones (excluding diaryl/α,β-unsaturated/α-hetero) is 1. The first-order chi connectivity index (χ1) is 8.26. The Labute approximate surface area is 103 Å². The maximum atomic E-state index is 12.4. The van der Waals surface area contributed by atoms with Crippen molar-refractivity contribution in [3.8, 4) is 0 Å². The molecule has 94 valence electrons. The Kier molecular flexibility index (Phi) is 3.97. The summed E-state index contributed by atoms with van der Waals surface area (Å²) in [6.45, 7) is 4.91. The van der Waals surface area contributed by atoms with Crippen molar-refractivity contribution in [3.63, 3.8) is 0 Å². The molecular formula is C14H22N2O. The average Bonchev–Trinajstić information content (AvgIpc) is 2.82. The summed E-state index contributed by atoms with van der Waals surface area (Å²) in [4.78, 5) is 12.4. The van der Waals surface area contributed by atoms with Crippen LogP contribution in [0.25, 0.3) is 0 Å². The molecule has 1 aliphatic carbocycles. The van der Waals surface area contributed by atoms with Crippen LogP contribution in [0.4, 0.5) is 0 Å². The smallest absolute Gasteiger partial charge is 0.183 e. The minimum absolute atomic E-state index is 0.246. The van der Waals surface area contributed by atoms with Crippen LogP contribution in [0.2, 0.25) is 0 Å². The van der Waals surface area contributed by atoms with Gasteiger partial charge in [0.15, 0.2) is 5.78 Å². The molecule has 3 nitrogen and oxygen atoms in total. The van der Waals surface area contributed by atoms with Gasteiger partial charge in [0.1, 0.15) is 5.69 Å². The first kappa shape index (κ1) is 12.3. The first-order valence-electron chi connectivity index (χ1n) is 6.87. The number of aryl methyl sites for hydroxylation is 2. The minimum Gasteiger partial charge on any atom is -0.292 e. The third-order valence-corrected chi connectivity index (χ3v) is 3.72. The van der Waals surface area contributed by atoms with Crippen molar-refractivity contribution >= 4 is 5.78 Å². The summed E-state index contributed by atoms with van der Waals surface area (Å²) >= 11 is 0. The lowest BCUT2D eigenvalue weighted by atomic mass is 9.85. The minimum atomic E-state index is 0.246. The molecule has 0 aliphatic heterocycles. The summed E-state index contributed by atoms with van der Waals surface area (Å²) in [7, 11) is 0. The number of nitrogens with zero attached hydrogens (tertiary/aromatic N) is 2. The first-order valence-corrected chi connectivity index (χ1v) is 6.87. The molecular weight excluding hydrogens is 212 g/mol. The SMILES string of the molecule is CCc1cc(C(=O)C2CCCCC2)n(CC)n1. The monoisotopic (exact) mass is 234 g/mol. The van der Waals surface area contributed by atoms with Crippen LogP contribution in [-0.2, 0) is 13.0 Å². The van der Waals surface area contributed by atoms with E-state index in [-0.39, 0.29) is 5.92 Å². The van der Waals surface area contributed by atoms with Gasteiger partial charge in [0.05, 0.1) is 5.69 Å². The summed E-state index contributed by atoms with van der Waals surface area (Å²) in [6, 6.07) is 1.99. The van der Waals surface area contributed by atoms with Crippen LogP contribution in [0, 0.1) is 5.92 Å². The highest BCUT2D eigenvalue weighted by molar-refractivity contribution is 5.96. The zero-order valence-corrected chi connectivity index (χ0v) is 10.9. The fraction of sp³-hybridized carbons (Fsp3) is 0.714. The number of rotatable bonds is 4. The lowest BCUT2D eigenvalue weighted by Crippen LogP contribution is -2.21. The van der Waals surface area contributed by atoms with Crippen molar-refractivity contribution in [2.24, 2.45) is 5.92 Å². The van der Waals surface area contributed by atoms with Crippen molar-refractivity contribution in [2.75, 3.05) is 0 Å². The van der Waals surface area contributed by atoms with Gasteiger partial charge in [-0.2, -0.15) is 5.10 Å². The van der Waals surface area contributed by atoms with Crippen molar-refractivity contribution < 1.29 is 4.79 Å². The lowest BCUT2D eigenvalue weighted by molar-refractivity contribution is 0.0878. The van der Waals surface area contributed by atoms with Crippen molar-refractivity contribution in [1.82, 2.24) is 9.78 Å². The average molecular weight is 234 g/mol. The molecule has 1 saturated carbocycles. The molecule has 0 unspecified atom stereocenters. The van der Waals surface area contributed by atoms with Crippen molar-refractivity contribution in [1.29, 1.82) is 0 Å². The Bertz CT molecular complexity index is 389.